The molecule has 0 radical (unpaired) electrons. The second-order valence-corrected chi connectivity index (χ2v) is 7.19. The van der Waals surface area contributed by atoms with Crippen molar-refractivity contribution in [3.8, 4) is 11.1 Å². The summed E-state index contributed by atoms with van der Waals surface area (Å²) in [4.78, 5) is 0. The molecule has 2 aromatic carbocycles. The first-order valence-electron chi connectivity index (χ1n) is 8.72. The summed E-state index contributed by atoms with van der Waals surface area (Å²) in [7, 11) is 0. The summed E-state index contributed by atoms with van der Waals surface area (Å²) < 4.78 is 14.0. The van der Waals surface area contributed by atoms with E-state index in [0.717, 1.165) is 11.5 Å². The van der Waals surface area contributed by atoms with Gasteiger partial charge in [-0.3, -0.25) is 0 Å². The number of rotatable bonds is 4. The van der Waals surface area contributed by atoms with Crippen molar-refractivity contribution in [2.45, 2.75) is 51.4 Å². The first kappa shape index (κ1) is 16.5. The number of hydrogen-bond donors (Lipinski definition) is 0. The first-order valence-corrected chi connectivity index (χ1v) is 9.10. The molecule has 2 aromatic rings. The van der Waals surface area contributed by atoms with Gasteiger partial charge in [0.15, 0.2) is 0 Å². The second-order valence-electron chi connectivity index (χ2n) is 6.75. The number of hydrogen-bond acceptors (Lipinski definition) is 0. The van der Waals surface area contributed by atoms with Crippen LogP contribution in [0.25, 0.3) is 11.1 Å². The zero-order chi connectivity index (χ0) is 16.2. The predicted molar refractivity (Wildman–Crippen MR) is 96.5 cm³/mol. The maximum absolute atomic E-state index is 14.0. The highest BCUT2D eigenvalue weighted by Crippen LogP contribution is 2.38. The van der Waals surface area contributed by atoms with Crippen molar-refractivity contribution < 1.29 is 4.39 Å². The van der Waals surface area contributed by atoms with Crippen LogP contribution in [0.1, 0.15) is 56.9 Å². The Morgan fingerprint density at radius 3 is 2.30 bits per heavy atom. The lowest BCUT2D eigenvalue weighted by molar-refractivity contribution is 0.308. The summed E-state index contributed by atoms with van der Waals surface area (Å²) in [5, 5.41) is 0.437. The van der Waals surface area contributed by atoms with Crippen molar-refractivity contribution in [2.75, 3.05) is 0 Å². The minimum atomic E-state index is -0.259. The van der Waals surface area contributed by atoms with E-state index < -0.39 is 0 Å². The molecule has 0 spiro atoms. The average Bonchev–Trinajstić information content (AvgIpc) is 2.56. The lowest BCUT2D eigenvalue weighted by atomic mass is 9.77. The molecule has 0 amide bonds. The molecular weight excluding hydrogens is 307 g/mol. The fraction of sp³-hybridized carbons (Fsp3) is 0.429. The first-order chi connectivity index (χ1) is 11.2. The summed E-state index contributed by atoms with van der Waals surface area (Å²) in [6.45, 7) is 2.28. The van der Waals surface area contributed by atoms with Gasteiger partial charge >= 0.3 is 0 Å². The summed E-state index contributed by atoms with van der Waals surface area (Å²) in [5.74, 6) is 1.34. The number of benzene rings is 2. The molecule has 0 atom stereocenters. The summed E-state index contributed by atoms with van der Waals surface area (Å²) in [5.41, 5.74) is 2.94. The Kier molecular flexibility index (Phi) is 5.38. The van der Waals surface area contributed by atoms with Crippen LogP contribution in [0.3, 0.4) is 0 Å². The van der Waals surface area contributed by atoms with Gasteiger partial charge in [-0.15, -0.1) is 0 Å². The molecular formula is C21H24ClF. The Morgan fingerprint density at radius 2 is 1.70 bits per heavy atom. The molecule has 1 aliphatic rings. The van der Waals surface area contributed by atoms with Crippen LogP contribution >= 0.6 is 11.6 Å². The molecule has 0 aromatic heterocycles. The van der Waals surface area contributed by atoms with Crippen LogP contribution in [-0.2, 0) is 0 Å². The third-order valence-electron chi connectivity index (χ3n) is 5.17. The Balaban J connectivity index is 1.70. The van der Waals surface area contributed by atoms with E-state index >= 15 is 0 Å². The van der Waals surface area contributed by atoms with Crippen LogP contribution < -0.4 is 0 Å². The molecule has 0 aliphatic heterocycles. The minimum Gasteiger partial charge on any atom is -0.206 e. The van der Waals surface area contributed by atoms with Crippen LogP contribution in [0.2, 0.25) is 5.02 Å². The van der Waals surface area contributed by atoms with Crippen molar-refractivity contribution >= 4 is 11.6 Å². The van der Waals surface area contributed by atoms with E-state index in [9.17, 15) is 4.39 Å². The van der Waals surface area contributed by atoms with Crippen molar-refractivity contribution in [3.63, 3.8) is 0 Å². The fourth-order valence-corrected chi connectivity index (χ4v) is 4.01. The third-order valence-corrected chi connectivity index (χ3v) is 5.40. The maximum atomic E-state index is 14.0. The van der Waals surface area contributed by atoms with Crippen molar-refractivity contribution in [2.24, 2.45) is 5.92 Å². The topological polar surface area (TPSA) is 0 Å². The molecule has 0 N–H and O–H groups in total. The molecule has 1 aliphatic carbocycles. The van der Waals surface area contributed by atoms with Gasteiger partial charge in [0.1, 0.15) is 5.82 Å². The van der Waals surface area contributed by atoms with Gasteiger partial charge in [-0.1, -0.05) is 55.6 Å². The van der Waals surface area contributed by atoms with Gasteiger partial charge in [0, 0.05) is 10.6 Å². The molecule has 0 nitrogen and oxygen atoms in total. The zero-order valence-corrected chi connectivity index (χ0v) is 14.5. The lowest BCUT2D eigenvalue weighted by Crippen LogP contribution is -2.13. The number of halogens is 2. The predicted octanol–water partition coefficient (Wildman–Crippen LogP) is 7.22. The van der Waals surface area contributed by atoms with Crippen molar-refractivity contribution in [1.82, 2.24) is 0 Å². The van der Waals surface area contributed by atoms with E-state index in [0.29, 0.717) is 16.5 Å². The Morgan fingerprint density at radius 1 is 1.00 bits per heavy atom. The minimum absolute atomic E-state index is 0.259. The van der Waals surface area contributed by atoms with Crippen molar-refractivity contribution in [1.29, 1.82) is 0 Å². The normalized spacial score (nSPS) is 21.3. The van der Waals surface area contributed by atoms with Crippen LogP contribution in [0.15, 0.2) is 42.5 Å². The van der Waals surface area contributed by atoms with Crippen LogP contribution in [0.4, 0.5) is 4.39 Å². The van der Waals surface area contributed by atoms with Gasteiger partial charge in [-0.05, 0) is 66.8 Å². The van der Waals surface area contributed by atoms with Crippen LogP contribution in [-0.4, -0.2) is 0 Å². The second kappa shape index (κ2) is 7.49. The van der Waals surface area contributed by atoms with E-state index in [-0.39, 0.29) is 5.82 Å². The summed E-state index contributed by atoms with van der Waals surface area (Å²) in [6.07, 6.45) is 7.97. The highest BCUT2D eigenvalue weighted by atomic mass is 35.5. The molecule has 0 bridgehead atoms. The third kappa shape index (κ3) is 3.95. The lowest BCUT2D eigenvalue weighted by Gasteiger charge is -2.28. The molecule has 0 heterocycles. The molecule has 23 heavy (non-hydrogen) atoms. The van der Waals surface area contributed by atoms with E-state index in [1.54, 1.807) is 12.1 Å². The monoisotopic (exact) mass is 330 g/mol. The Hall–Kier alpha value is -1.34. The molecule has 3 rings (SSSR count). The summed E-state index contributed by atoms with van der Waals surface area (Å²) in [6, 6.07) is 13.3. The molecule has 2 heteroatoms. The van der Waals surface area contributed by atoms with Gasteiger partial charge in [-0.2, -0.15) is 0 Å². The van der Waals surface area contributed by atoms with Gasteiger partial charge in [0.25, 0.3) is 0 Å². The Labute approximate surface area is 143 Å². The molecule has 1 fully saturated rings. The smallest absolute Gasteiger partial charge is 0.132 e. The van der Waals surface area contributed by atoms with E-state index in [2.05, 4.69) is 19.1 Å². The van der Waals surface area contributed by atoms with Gasteiger partial charge in [0.05, 0.1) is 0 Å². The van der Waals surface area contributed by atoms with Crippen LogP contribution in [0, 0.1) is 11.7 Å². The summed E-state index contributed by atoms with van der Waals surface area (Å²) >= 11 is 5.83. The molecule has 122 valence electrons. The molecule has 1 saturated carbocycles. The largest absolute Gasteiger partial charge is 0.206 e. The molecule has 0 saturated heterocycles. The van der Waals surface area contributed by atoms with E-state index in [4.69, 9.17) is 11.6 Å². The fourth-order valence-electron chi connectivity index (χ4n) is 3.85. The van der Waals surface area contributed by atoms with Crippen molar-refractivity contribution in [3.05, 3.63) is 58.9 Å². The van der Waals surface area contributed by atoms with Gasteiger partial charge in [0.2, 0.25) is 0 Å². The SMILES string of the molecule is CCCC1CCC(c2ccc(-c3ccc(Cl)cc3F)cc2)CC1. The van der Waals surface area contributed by atoms with Gasteiger partial charge in [-0.25, -0.2) is 4.39 Å². The highest BCUT2D eigenvalue weighted by molar-refractivity contribution is 6.30. The average molecular weight is 331 g/mol. The van der Waals surface area contributed by atoms with E-state index in [1.807, 2.05) is 12.1 Å². The molecule has 0 unspecified atom stereocenters. The van der Waals surface area contributed by atoms with Gasteiger partial charge < -0.3 is 0 Å². The van der Waals surface area contributed by atoms with E-state index in [1.165, 1.54) is 50.2 Å². The standard InChI is InChI=1S/C21H24ClF/c1-2-3-15-4-6-16(7-5-15)17-8-10-18(11-9-17)20-13-12-19(22)14-21(20)23/h8-16H,2-7H2,1H3. The quantitative estimate of drug-likeness (QED) is 0.555. The van der Waals surface area contributed by atoms with Crippen LogP contribution in [0.5, 0.6) is 0 Å². The highest BCUT2D eigenvalue weighted by Gasteiger charge is 2.21. The maximum Gasteiger partial charge on any atom is 0.132 e. The zero-order valence-electron chi connectivity index (χ0n) is 13.7. The Bertz CT molecular complexity index is 639.